The van der Waals surface area contributed by atoms with Gasteiger partial charge in [-0.15, -0.1) is 0 Å². The molecule has 1 aromatic rings. The van der Waals surface area contributed by atoms with Crippen LogP contribution in [0.15, 0.2) is 23.1 Å². The van der Waals surface area contributed by atoms with Crippen molar-refractivity contribution in [2.24, 2.45) is 0 Å². The molecule has 0 aliphatic carbocycles. The van der Waals surface area contributed by atoms with Crippen LogP contribution in [-0.2, 0) is 14.8 Å². The first kappa shape index (κ1) is 23.0. The Hall–Kier alpha value is -2.33. The van der Waals surface area contributed by atoms with E-state index in [2.05, 4.69) is 16.0 Å². The van der Waals surface area contributed by atoms with Crippen molar-refractivity contribution in [3.05, 3.63) is 18.2 Å². The SMILES string of the molecule is CCNC(=O)NC(=O)C(C)Nc1ccc(OCC)c(S(=O)(=O)N2CCCCC2)c1. The van der Waals surface area contributed by atoms with Gasteiger partial charge in [0.15, 0.2) is 0 Å². The zero-order chi connectivity index (χ0) is 21.4. The monoisotopic (exact) mass is 426 g/mol. The summed E-state index contributed by atoms with van der Waals surface area (Å²) in [7, 11) is -3.72. The molecule has 1 aromatic carbocycles. The molecule has 1 heterocycles. The second-order valence-corrected chi connectivity index (χ2v) is 8.68. The van der Waals surface area contributed by atoms with Gasteiger partial charge in [-0.3, -0.25) is 10.1 Å². The van der Waals surface area contributed by atoms with Crippen LogP contribution in [-0.4, -0.2) is 56.9 Å². The molecule has 3 amide bonds. The van der Waals surface area contributed by atoms with Crippen molar-refractivity contribution in [3.8, 4) is 5.75 Å². The van der Waals surface area contributed by atoms with Crippen LogP contribution in [0.2, 0.25) is 0 Å². The summed E-state index contributed by atoms with van der Waals surface area (Å²) >= 11 is 0. The molecule has 0 bridgehead atoms. The molecule has 1 fully saturated rings. The van der Waals surface area contributed by atoms with Gasteiger partial charge in [0, 0.05) is 25.3 Å². The summed E-state index contributed by atoms with van der Waals surface area (Å²) in [6, 6.07) is 3.38. The molecule has 29 heavy (non-hydrogen) atoms. The second-order valence-electron chi connectivity index (χ2n) is 6.77. The van der Waals surface area contributed by atoms with Crippen molar-refractivity contribution in [1.82, 2.24) is 14.9 Å². The molecule has 2 rings (SSSR count). The Labute approximate surface area is 172 Å². The van der Waals surface area contributed by atoms with Gasteiger partial charge in [-0.05, 0) is 51.8 Å². The fourth-order valence-electron chi connectivity index (χ4n) is 3.06. The first-order chi connectivity index (χ1) is 13.8. The van der Waals surface area contributed by atoms with Crippen molar-refractivity contribution in [1.29, 1.82) is 0 Å². The number of hydrogen-bond acceptors (Lipinski definition) is 6. The molecular formula is C19H30N4O5S. The maximum atomic E-state index is 13.2. The maximum Gasteiger partial charge on any atom is 0.321 e. The summed E-state index contributed by atoms with van der Waals surface area (Å²) in [6.45, 7) is 6.82. The maximum absolute atomic E-state index is 13.2. The lowest BCUT2D eigenvalue weighted by molar-refractivity contribution is -0.120. The van der Waals surface area contributed by atoms with Gasteiger partial charge in [0.2, 0.25) is 15.9 Å². The number of benzene rings is 1. The number of ether oxygens (including phenoxy) is 1. The van der Waals surface area contributed by atoms with Gasteiger partial charge >= 0.3 is 6.03 Å². The molecule has 162 valence electrons. The second kappa shape index (κ2) is 10.4. The lowest BCUT2D eigenvalue weighted by Gasteiger charge is -2.27. The largest absolute Gasteiger partial charge is 0.492 e. The zero-order valence-electron chi connectivity index (χ0n) is 17.2. The van der Waals surface area contributed by atoms with Crippen LogP contribution in [0.3, 0.4) is 0 Å². The lowest BCUT2D eigenvalue weighted by atomic mass is 10.2. The van der Waals surface area contributed by atoms with Crippen LogP contribution < -0.4 is 20.7 Å². The number of rotatable bonds is 8. The van der Waals surface area contributed by atoms with Gasteiger partial charge in [-0.1, -0.05) is 6.42 Å². The molecule has 0 aromatic heterocycles. The lowest BCUT2D eigenvalue weighted by Crippen LogP contribution is -2.45. The van der Waals surface area contributed by atoms with E-state index in [4.69, 9.17) is 4.74 Å². The van der Waals surface area contributed by atoms with Crippen molar-refractivity contribution in [2.75, 3.05) is 31.6 Å². The van der Waals surface area contributed by atoms with Gasteiger partial charge in [-0.2, -0.15) is 4.31 Å². The quantitative estimate of drug-likeness (QED) is 0.585. The molecule has 1 aliphatic rings. The Morgan fingerprint density at radius 3 is 2.48 bits per heavy atom. The highest BCUT2D eigenvalue weighted by Crippen LogP contribution is 2.31. The summed E-state index contributed by atoms with van der Waals surface area (Å²) in [5, 5.41) is 7.65. The van der Waals surface area contributed by atoms with E-state index in [1.165, 1.54) is 10.4 Å². The smallest absolute Gasteiger partial charge is 0.321 e. The number of piperidine rings is 1. The molecule has 0 spiro atoms. The van der Waals surface area contributed by atoms with Crippen LogP contribution in [0.25, 0.3) is 0 Å². The Morgan fingerprint density at radius 2 is 1.86 bits per heavy atom. The standard InChI is InChI=1S/C19H30N4O5S/c1-4-20-19(25)22-18(24)14(3)21-15-9-10-16(28-5-2)17(13-15)29(26,27)23-11-7-6-8-12-23/h9-10,13-14,21H,4-8,11-12H2,1-3H3,(H2,20,22,24,25). The van der Waals surface area contributed by atoms with Crippen LogP contribution in [0.1, 0.15) is 40.0 Å². The summed E-state index contributed by atoms with van der Waals surface area (Å²) < 4.78 is 33.3. The molecule has 10 heteroatoms. The van der Waals surface area contributed by atoms with Crippen molar-refractivity contribution in [3.63, 3.8) is 0 Å². The number of urea groups is 1. The van der Waals surface area contributed by atoms with Crippen LogP contribution in [0.5, 0.6) is 5.75 Å². The normalized spacial score (nSPS) is 16.0. The minimum absolute atomic E-state index is 0.0718. The Balaban J connectivity index is 2.23. The average Bonchev–Trinajstić information content (AvgIpc) is 2.70. The number of imide groups is 1. The van der Waals surface area contributed by atoms with Crippen LogP contribution in [0, 0.1) is 0 Å². The molecule has 1 atom stereocenters. The zero-order valence-corrected chi connectivity index (χ0v) is 18.0. The number of nitrogens with zero attached hydrogens (tertiary/aromatic N) is 1. The number of carbonyl (C=O) groups excluding carboxylic acids is 2. The van der Waals surface area contributed by atoms with Gasteiger partial charge in [0.05, 0.1) is 6.61 Å². The summed E-state index contributed by atoms with van der Waals surface area (Å²) in [4.78, 5) is 23.7. The van der Waals surface area contributed by atoms with Crippen molar-refractivity contribution < 1.29 is 22.7 Å². The Bertz CT molecular complexity index is 822. The number of carbonyl (C=O) groups is 2. The Morgan fingerprint density at radius 1 is 1.17 bits per heavy atom. The molecule has 1 unspecified atom stereocenters. The van der Waals surface area contributed by atoms with E-state index in [9.17, 15) is 18.0 Å². The fourth-order valence-corrected chi connectivity index (χ4v) is 4.73. The van der Waals surface area contributed by atoms with E-state index in [-0.39, 0.29) is 10.6 Å². The molecule has 0 radical (unpaired) electrons. The topological polar surface area (TPSA) is 117 Å². The molecular weight excluding hydrogens is 396 g/mol. The third-order valence-corrected chi connectivity index (χ3v) is 6.45. The first-order valence-electron chi connectivity index (χ1n) is 9.91. The Kier molecular flexibility index (Phi) is 8.27. The van der Waals surface area contributed by atoms with E-state index in [0.29, 0.717) is 31.9 Å². The van der Waals surface area contributed by atoms with Crippen molar-refractivity contribution in [2.45, 2.75) is 51.0 Å². The van der Waals surface area contributed by atoms with Crippen LogP contribution >= 0.6 is 0 Å². The third-order valence-electron chi connectivity index (χ3n) is 4.53. The molecule has 0 saturated carbocycles. The molecule has 9 nitrogen and oxygen atoms in total. The van der Waals surface area contributed by atoms with Gasteiger partial charge in [0.1, 0.15) is 16.7 Å². The molecule has 3 N–H and O–H groups in total. The number of nitrogens with one attached hydrogen (secondary N) is 3. The van der Waals surface area contributed by atoms with E-state index in [1.807, 2.05) is 0 Å². The number of hydrogen-bond donors (Lipinski definition) is 3. The molecule has 1 saturated heterocycles. The van der Waals surface area contributed by atoms with Crippen LogP contribution in [0.4, 0.5) is 10.5 Å². The summed E-state index contributed by atoms with van der Waals surface area (Å²) in [5.41, 5.74) is 0.447. The van der Waals surface area contributed by atoms with Gasteiger partial charge in [-0.25, -0.2) is 13.2 Å². The van der Waals surface area contributed by atoms with E-state index in [0.717, 1.165) is 19.3 Å². The number of anilines is 1. The third kappa shape index (κ3) is 6.07. The highest BCUT2D eigenvalue weighted by Gasteiger charge is 2.29. The highest BCUT2D eigenvalue weighted by molar-refractivity contribution is 7.89. The summed E-state index contributed by atoms with van der Waals surface area (Å²) in [5.74, 6) is -0.242. The predicted molar refractivity (Wildman–Crippen MR) is 111 cm³/mol. The highest BCUT2D eigenvalue weighted by atomic mass is 32.2. The average molecular weight is 427 g/mol. The first-order valence-corrected chi connectivity index (χ1v) is 11.4. The molecule has 1 aliphatic heterocycles. The van der Waals surface area contributed by atoms with Gasteiger partial charge in [0.25, 0.3) is 0 Å². The van der Waals surface area contributed by atoms with E-state index >= 15 is 0 Å². The minimum atomic E-state index is -3.72. The van der Waals surface area contributed by atoms with Gasteiger partial charge < -0.3 is 15.4 Å². The summed E-state index contributed by atoms with van der Waals surface area (Å²) in [6.07, 6.45) is 2.68. The fraction of sp³-hybridized carbons (Fsp3) is 0.579. The predicted octanol–water partition coefficient (Wildman–Crippen LogP) is 1.91. The van der Waals surface area contributed by atoms with E-state index in [1.54, 1.807) is 32.9 Å². The number of amides is 3. The minimum Gasteiger partial charge on any atom is -0.492 e. The van der Waals surface area contributed by atoms with Crippen molar-refractivity contribution >= 4 is 27.6 Å². The number of sulfonamides is 1. The van der Waals surface area contributed by atoms with E-state index < -0.39 is 28.0 Å².